The van der Waals surface area contributed by atoms with Gasteiger partial charge in [-0.25, -0.2) is 4.90 Å². The van der Waals surface area contributed by atoms with E-state index < -0.39 is 17.1 Å². The van der Waals surface area contributed by atoms with Crippen molar-refractivity contribution >= 4 is 52.2 Å². The van der Waals surface area contributed by atoms with E-state index in [1.54, 1.807) is 61.7 Å². The van der Waals surface area contributed by atoms with Crippen LogP contribution in [-0.4, -0.2) is 48.8 Å². The van der Waals surface area contributed by atoms with E-state index in [9.17, 15) is 19.2 Å². The molecule has 10 nitrogen and oxygen atoms in total. The Morgan fingerprint density at radius 1 is 0.929 bits per heavy atom. The molecule has 0 saturated carbocycles. The van der Waals surface area contributed by atoms with Crippen molar-refractivity contribution < 1.29 is 28.6 Å². The summed E-state index contributed by atoms with van der Waals surface area (Å²) in [5.41, 5.74) is 1.78. The van der Waals surface area contributed by atoms with Crippen LogP contribution in [-0.2, 0) is 14.4 Å². The molecule has 12 heteroatoms. The summed E-state index contributed by atoms with van der Waals surface area (Å²) < 4.78 is 16.6. The third-order valence-electron chi connectivity index (χ3n) is 7.12. The molecule has 4 aromatic rings. The molecule has 2 aliphatic rings. The number of rotatable bonds is 8. The van der Waals surface area contributed by atoms with Crippen LogP contribution in [0.2, 0.25) is 0 Å². The first kappa shape index (κ1) is 27.6. The Balaban J connectivity index is 1.30. The number of aromatic amines is 1. The first-order chi connectivity index (χ1) is 20.4. The number of carbonyl (C=O) groups excluding carboxylic acids is 3. The zero-order valence-electron chi connectivity index (χ0n) is 22.5. The Hall–Kier alpha value is -4.55. The van der Waals surface area contributed by atoms with Crippen molar-refractivity contribution in [3.63, 3.8) is 0 Å². The van der Waals surface area contributed by atoms with Crippen molar-refractivity contribution in [3.05, 3.63) is 92.9 Å². The summed E-state index contributed by atoms with van der Waals surface area (Å²) in [6.45, 7) is -0.247. The summed E-state index contributed by atoms with van der Waals surface area (Å²) in [6, 6.07) is 20.9. The van der Waals surface area contributed by atoms with E-state index in [2.05, 4.69) is 10.3 Å². The zero-order chi connectivity index (χ0) is 29.4. The molecule has 3 aromatic carbocycles. The molecule has 3 amide bonds. The minimum Gasteiger partial charge on any atom is -0.497 e. The molecule has 1 fully saturated rings. The fourth-order valence-corrected chi connectivity index (χ4v) is 7.74. The lowest BCUT2D eigenvalue weighted by Crippen LogP contribution is -2.32. The van der Waals surface area contributed by atoms with Crippen LogP contribution in [0.25, 0.3) is 0 Å². The van der Waals surface area contributed by atoms with Crippen molar-refractivity contribution in [2.75, 3.05) is 31.0 Å². The fourth-order valence-electron chi connectivity index (χ4n) is 5.22. The molecule has 1 aromatic heterocycles. The van der Waals surface area contributed by atoms with E-state index in [4.69, 9.17) is 14.2 Å². The van der Waals surface area contributed by atoms with Crippen LogP contribution in [0.4, 0.5) is 11.4 Å². The largest absolute Gasteiger partial charge is 0.497 e. The van der Waals surface area contributed by atoms with Gasteiger partial charge in [-0.15, -0.1) is 0 Å². The molecular weight excluding hydrogens is 578 g/mol. The quantitative estimate of drug-likeness (QED) is 0.286. The monoisotopic (exact) mass is 603 g/mol. The second-order valence-electron chi connectivity index (χ2n) is 9.57. The van der Waals surface area contributed by atoms with Gasteiger partial charge in [0.05, 0.1) is 30.9 Å². The third kappa shape index (κ3) is 5.03. The number of hydrogen-bond donors (Lipinski definition) is 2. The number of H-pyrrole nitrogens is 1. The molecule has 3 heterocycles. The molecule has 6 rings (SSSR count). The van der Waals surface area contributed by atoms with Crippen LogP contribution in [0.1, 0.15) is 16.4 Å². The number of para-hydroxylation sites is 1. The highest BCUT2D eigenvalue weighted by Gasteiger charge is 2.56. The van der Waals surface area contributed by atoms with Crippen LogP contribution in [0, 0.1) is 5.92 Å². The first-order valence-electron chi connectivity index (χ1n) is 12.9. The van der Waals surface area contributed by atoms with E-state index in [0.29, 0.717) is 44.1 Å². The van der Waals surface area contributed by atoms with E-state index in [1.807, 2.05) is 18.2 Å². The Bertz CT molecular complexity index is 1720. The van der Waals surface area contributed by atoms with Gasteiger partial charge in [0.15, 0.2) is 18.1 Å². The molecule has 2 aliphatic heterocycles. The van der Waals surface area contributed by atoms with Crippen molar-refractivity contribution in [1.29, 1.82) is 0 Å². The topological polar surface area (TPSA) is 127 Å². The van der Waals surface area contributed by atoms with Crippen LogP contribution in [0.5, 0.6) is 17.2 Å². The minimum atomic E-state index is -0.753. The molecular formula is C30H25N3O7S2. The number of imide groups is 1. The van der Waals surface area contributed by atoms with E-state index in [1.165, 1.54) is 23.8 Å². The average Bonchev–Trinajstić information content (AvgIpc) is 3.50. The van der Waals surface area contributed by atoms with Gasteiger partial charge in [-0.1, -0.05) is 47.4 Å². The van der Waals surface area contributed by atoms with Gasteiger partial charge in [0, 0.05) is 16.5 Å². The molecule has 0 bridgehead atoms. The van der Waals surface area contributed by atoms with E-state index >= 15 is 0 Å². The first-order valence-corrected chi connectivity index (χ1v) is 14.6. The Morgan fingerprint density at radius 2 is 1.69 bits per heavy atom. The number of carbonyl (C=O) groups is 3. The lowest BCUT2D eigenvalue weighted by Gasteiger charge is -2.30. The van der Waals surface area contributed by atoms with Gasteiger partial charge in [0.25, 0.3) is 5.91 Å². The number of amides is 3. The number of thiazole rings is 1. The normalized spacial score (nSPS) is 19.2. The summed E-state index contributed by atoms with van der Waals surface area (Å²) in [6.07, 6.45) is 0. The van der Waals surface area contributed by atoms with Crippen LogP contribution >= 0.6 is 23.1 Å². The summed E-state index contributed by atoms with van der Waals surface area (Å²) in [5, 5.41) is 2.61. The summed E-state index contributed by atoms with van der Waals surface area (Å²) in [7, 11) is 3.02. The molecule has 0 aliphatic carbocycles. The number of aromatic nitrogens is 1. The van der Waals surface area contributed by atoms with Crippen molar-refractivity contribution in [3.8, 4) is 17.2 Å². The standard InChI is InChI=1S/C30H25N3O7S2/c1-38-19-11-9-18(10-12-19)33-28(35)24-23(25-27(32-30(37)42-25)41-26(24)29(33)36)16-8-13-20(21(14-16)39-2)40-15-22(34)31-17-6-4-3-5-7-17/h3-14,23-24,26H,15H2,1-2H3,(H,31,34)(H,32,37)/t23-,24?,26?/m1/s1. The number of ether oxygens (including phenoxy) is 3. The summed E-state index contributed by atoms with van der Waals surface area (Å²) in [5.74, 6) is -1.08. The average molecular weight is 604 g/mol. The Labute approximate surface area is 248 Å². The van der Waals surface area contributed by atoms with Gasteiger partial charge in [0.1, 0.15) is 11.0 Å². The smallest absolute Gasteiger partial charge is 0.305 e. The maximum absolute atomic E-state index is 13.9. The highest BCUT2D eigenvalue weighted by Crippen LogP contribution is 2.53. The predicted octanol–water partition coefficient (Wildman–Crippen LogP) is 4.27. The number of benzene rings is 3. The van der Waals surface area contributed by atoms with Crippen molar-refractivity contribution in [1.82, 2.24) is 4.98 Å². The number of thioether (sulfide) groups is 1. The summed E-state index contributed by atoms with van der Waals surface area (Å²) >= 11 is 2.23. The third-order valence-corrected chi connectivity index (χ3v) is 9.52. The number of methoxy groups -OCH3 is 2. The van der Waals surface area contributed by atoms with Gasteiger partial charge in [-0.05, 0) is 54.1 Å². The second-order valence-corrected chi connectivity index (χ2v) is 11.7. The van der Waals surface area contributed by atoms with Gasteiger partial charge in [0.2, 0.25) is 11.8 Å². The molecule has 214 valence electrons. The molecule has 42 heavy (non-hydrogen) atoms. The van der Waals surface area contributed by atoms with Gasteiger partial charge in [-0.3, -0.25) is 19.2 Å². The maximum atomic E-state index is 13.9. The number of nitrogens with zero attached hydrogens (tertiary/aromatic N) is 1. The van der Waals surface area contributed by atoms with Gasteiger partial charge >= 0.3 is 4.87 Å². The number of nitrogens with one attached hydrogen (secondary N) is 2. The maximum Gasteiger partial charge on any atom is 0.305 e. The Kier molecular flexibility index (Phi) is 7.48. The number of hydrogen-bond acceptors (Lipinski definition) is 9. The van der Waals surface area contributed by atoms with Crippen LogP contribution in [0.3, 0.4) is 0 Å². The second kappa shape index (κ2) is 11.4. The van der Waals surface area contributed by atoms with E-state index in [-0.39, 0.29) is 29.2 Å². The lowest BCUT2D eigenvalue weighted by molar-refractivity contribution is -0.122. The minimum absolute atomic E-state index is 0.247. The van der Waals surface area contributed by atoms with Crippen molar-refractivity contribution in [2.24, 2.45) is 5.92 Å². The SMILES string of the molecule is COc1ccc(N2C(=O)C3Sc4[nH]c(=O)sc4[C@H](c4ccc(OCC(=O)Nc5ccccc5)c(OC)c4)C3C2=O)cc1. The summed E-state index contributed by atoms with van der Waals surface area (Å²) in [4.78, 5) is 56.9. The molecule has 2 N–H and O–H groups in total. The van der Waals surface area contributed by atoms with Crippen LogP contribution in [0.15, 0.2) is 82.6 Å². The fraction of sp³-hybridized carbons (Fsp3) is 0.200. The lowest BCUT2D eigenvalue weighted by atomic mass is 9.83. The molecule has 0 spiro atoms. The molecule has 2 unspecified atom stereocenters. The molecule has 3 atom stereocenters. The number of anilines is 2. The zero-order valence-corrected chi connectivity index (χ0v) is 24.1. The molecule has 0 radical (unpaired) electrons. The molecule has 1 saturated heterocycles. The van der Waals surface area contributed by atoms with Crippen molar-refractivity contribution in [2.45, 2.75) is 16.2 Å². The van der Waals surface area contributed by atoms with Gasteiger partial charge in [-0.2, -0.15) is 0 Å². The Morgan fingerprint density at radius 3 is 2.40 bits per heavy atom. The van der Waals surface area contributed by atoms with Crippen LogP contribution < -0.4 is 29.3 Å². The van der Waals surface area contributed by atoms with Gasteiger partial charge < -0.3 is 24.5 Å². The number of fused-ring (bicyclic) bond motifs is 2. The van der Waals surface area contributed by atoms with E-state index in [0.717, 1.165) is 11.3 Å². The highest BCUT2D eigenvalue weighted by atomic mass is 32.2. The highest BCUT2D eigenvalue weighted by molar-refractivity contribution is 8.00. The predicted molar refractivity (Wildman–Crippen MR) is 159 cm³/mol.